The molecule has 3 heteroatoms. The Hall–Kier alpha value is -1.22. The molecule has 2 unspecified atom stereocenters. The molecular formula is C15H24N2O. The van der Waals surface area contributed by atoms with Crippen LogP contribution in [0.15, 0.2) is 24.3 Å². The molecule has 1 aromatic carbocycles. The van der Waals surface area contributed by atoms with E-state index in [4.69, 9.17) is 10.5 Å². The summed E-state index contributed by atoms with van der Waals surface area (Å²) in [5.41, 5.74) is 6.48. The smallest absolute Gasteiger partial charge is 0.121 e. The average molecular weight is 248 g/mol. The van der Waals surface area contributed by atoms with Crippen LogP contribution in [0.3, 0.4) is 0 Å². The van der Waals surface area contributed by atoms with Crippen molar-refractivity contribution in [3.8, 4) is 5.75 Å². The highest BCUT2D eigenvalue weighted by Gasteiger charge is 2.23. The van der Waals surface area contributed by atoms with E-state index in [1.165, 1.54) is 19.4 Å². The number of ether oxygens (including phenoxy) is 1. The van der Waals surface area contributed by atoms with Crippen molar-refractivity contribution in [1.29, 1.82) is 0 Å². The Morgan fingerprint density at radius 3 is 3.00 bits per heavy atom. The summed E-state index contributed by atoms with van der Waals surface area (Å²) >= 11 is 0. The number of hydrogen-bond donors (Lipinski definition) is 1. The first-order valence-corrected chi connectivity index (χ1v) is 6.89. The monoisotopic (exact) mass is 248 g/mol. The molecule has 0 bridgehead atoms. The van der Waals surface area contributed by atoms with Crippen LogP contribution < -0.4 is 10.5 Å². The summed E-state index contributed by atoms with van der Waals surface area (Å²) in [4.78, 5) is 2.53. The zero-order chi connectivity index (χ0) is 13.0. The molecule has 0 radical (unpaired) electrons. The minimum atomic E-state index is 0.670. The van der Waals surface area contributed by atoms with Gasteiger partial charge in [0, 0.05) is 24.3 Å². The van der Waals surface area contributed by atoms with Crippen LogP contribution in [0.4, 0.5) is 5.69 Å². The van der Waals surface area contributed by atoms with E-state index < -0.39 is 0 Å². The highest BCUT2D eigenvalue weighted by molar-refractivity contribution is 5.43. The second kappa shape index (κ2) is 6.10. The number of rotatable bonds is 4. The molecule has 0 spiro atoms. The van der Waals surface area contributed by atoms with Crippen LogP contribution in [0.5, 0.6) is 5.75 Å². The fraction of sp³-hybridized carbons (Fsp3) is 0.600. The summed E-state index contributed by atoms with van der Waals surface area (Å²) < 4.78 is 5.75. The van der Waals surface area contributed by atoms with Crippen molar-refractivity contribution in [2.24, 2.45) is 5.92 Å². The van der Waals surface area contributed by atoms with Crippen LogP contribution in [0, 0.1) is 5.92 Å². The Kier molecular flexibility index (Phi) is 4.48. The van der Waals surface area contributed by atoms with Gasteiger partial charge in [-0.15, -0.1) is 0 Å². The van der Waals surface area contributed by atoms with Crippen molar-refractivity contribution in [3.05, 3.63) is 24.3 Å². The highest BCUT2D eigenvalue weighted by atomic mass is 16.5. The molecule has 1 fully saturated rings. The van der Waals surface area contributed by atoms with Crippen molar-refractivity contribution in [2.45, 2.75) is 32.7 Å². The van der Waals surface area contributed by atoms with Crippen molar-refractivity contribution < 1.29 is 4.74 Å². The Labute approximate surface area is 110 Å². The van der Waals surface area contributed by atoms with E-state index >= 15 is 0 Å². The van der Waals surface area contributed by atoms with Gasteiger partial charge in [0.05, 0.1) is 0 Å². The number of hydrogen-bond acceptors (Lipinski definition) is 3. The highest BCUT2D eigenvalue weighted by Crippen LogP contribution is 2.22. The van der Waals surface area contributed by atoms with Gasteiger partial charge in [0.25, 0.3) is 0 Å². The molecule has 1 aliphatic heterocycles. The van der Waals surface area contributed by atoms with E-state index in [2.05, 4.69) is 18.7 Å². The fourth-order valence-electron chi connectivity index (χ4n) is 2.62. The third-order valence-electron chi connectivity index (χ3n) is 4.01. The maximum Gasteiger partial charge on any atom is 0.121 e. The Balaban J connectivity index is 1.78. The lowest BCUT2D eigenvalue weighted by molar-refractivity contribution is 0.0958. The van der Waals surface area contributed by atoms with Crippen LogP contribution in [0.1, 0.15) is 26.7 Å². The minimum absolute atomic E-state index is 0.670. The zero-order valence-electron chi connectivity index (χ0n) is 11.4. The van der Waals surface area contributed by atoms with E-state index in [1.807, 2.05) is 24.3 Å². The molecule has 2 atom stereocenters. The van der Waals surface area contributed by atoms with Crippen LogP contribution in [-0.2, 0) is 0 Å². The van der Waals surface area contributed by atoms with Crippen LogP contribution in [-0.4, -0.2) is 30.6 Å². The SMILES string of the molecule is CC1CCCN(CCOc2cccc(N)c2)C1C. The molecule has 0 amide bonds. The van der Waals surface area contributed by atoms with E-state index in [9.17, 15) is 0 Å². The summed E-state index contributed by atoms with van der Waals surface area (Å²) in [6.07, 6.45) is 2.66. The van der Waals surface area contributed by atoms with Crippen molar-refractivity contribution in [2.75, 3.05) is 25.4 Å². The van der Waals surface area contributed by atoms with Gasteiger partial charge in [-0.2, -0.15) is 0 Å². The predicted molar refractivity (Wildman–Crippen MR) is 75.8 cm³/mol. The average Bonchev–Trinajstić information content (AvgIpc) is 2.35. The van der Waals surface area contributed by atoms with Gasteiger partial charge in [-0.05, 0) is 44.4 Å². The number of nitrogens with two attached hydrogens (primary N) is 1. The van der Waals surface area contributed by atoms with Crippen molar-refractivity contribution in [1.82, 2.24) is 4.90 Å². The number of benzene rings is 1. The van der Waals surface area contributed by atoms with Gasteiger partial charge in [-0.25, -0.2) is 0 Å². The molecule has 0 saturated carbocycles. The molecule has 1 aliphatic rings. The lowest BCUT2D eigenvalue weighted by Crippen LogP contribution is -2.44. The van der Waals surface area contributed by atoms with E-state index in [0.29, 0.717) is 6.04 Å². The Morgan fingerprint density at radius 2 is 2.22 bits per heavy atom. The first-order chi connectivity index (χ1) is 8.66. The lowest BCUT2D eigenvalue weighted by atomic mass is 9.92. The van der Waals surface area contributed by atoms with Crippen LogP contribution in [0.25, 0.3) is 0 Å². The summed E-state index contributed by atoms with van der Waals surface area (Å²) in [5, 5.41) is 0. The second-order valence-corrected chi connectivity index (χ2v) is 5.32. The summed E-state index contributed by atoms with van der Waals surface area (Å²) in [6, 6.07) is 8.31. The Bertz CT molecular complexity index is 381. The molecule has 0 aromatic heterocycles. The van der Waals surface area contributed by atoms with Gasteiger partial charge in [-0.1, -0.05) is 13.0 Å². The summed E-state index contributed by atoms with van der Waals surface area (Å²) in [6.45, 7) is 7.60. The first kappa shape index (κ1) is 13.2. The van der Waals surface area contributed by atoms with Gasteiger partial charge >= 0.3 is 0 Å². The molecule has 1 heterocycles. The van der Waals surface area contributed by atoms with Gasteiger partial charge in [0.15, 0.2) is 0 Å². The van der Waals surface area contributed by atoms with E-state index in [0.717, 1.165) is 30.5 Å². The summed E-state index contributed by atoms with van der Waals surface area (Å²) in [7, 11) is 0. The molecule has 3 nitrogen and oxygen atoms in total. The number of anilines is 1. The molecule has 0 aliphatic carbocycles. The molecule has 2 N–H and O–H groups in total. The second-order valence-electron chi connectivity index (χ2n) is 5.32. The zero-order valence-corrected chi connectivity index (χ0v) is 11.4. The van der Waals surface area contributed by atoms with Gasteiger partial charge in [-0.3, -0.25) is 4.90 Å². The molecule has 1 saturated heterocycles. The van der Waals surface area contributed by atoms with Gasteiger partial charge in [0.1, 0.15) is 12.4 Å². The maximum atomic E-state index is 5.75. The van der Waals surface area contributed by atoms with Gasteiger partial charge < -0.3 is 10.5 Å². The normalized spacial score (nSPS) is 25.0. The number of likely N-dealkylation sites (tertiary alicyclic amines) is 1. The Morgan fingerprint density at radius 1 is 1.39 bits per heavy atom. The van der Waals surface area contributed by atoms with Crippen molar-refractivity contribution in [3.63, 3.8) is 0 Å². The fourth-order valence-corrected chi connectivity index (χ4v) is 2.62. The molecular weight excluding hydrogens is 224 g/mol. The largest absolute Gasteiger partial charge is 0.492 e. The number of nitrogens with zero attached hydrogens (tertiary/aromatic N) is 1. The molecule has 100 valence electrons. The summed E-state index contributed by atoms with van der Waals surface area (Å²) in [5.74, 6) is 1.67. The predicted octanol–water partition coefficient (Wildman–Crippen LogP) is 2.77. The topological polar surface area (TPSA) is 38.5 Å². The molecule has 18 heavy (non-hydrogen) atoms. The lowest BCUT2D eigenvalue weighted by Gasteiger charge is -2.37. The standard InChI is InChI=1S/C15H24N2O/c1-12-5-4-8-17(13(12)2)9-10-18-15-7-3-6-14(16)11-15/h3,6-7,11-13H,4-5,8-10,16H2,1-2H3. The minimum Gasteiger partial charge on any atom is -0.492 e. The molecule has 1 aromatic rings. The first-order valence-electron chi connectivity index (χ1n) is 6.89. The van der Waals surface area contributed by atoms with Crippen LogP contribution in [0.2, 0.25) is 0 Å². The van der Waals surface area contributed by atoms with Crippen LogP contribution >= 0.6 is 0 Å². The van der Waals surface area contributed by atoms with E-state index in [1.54, 1.807) is 0 Å². The number of nitrogen functional groups attached to an aromatic ring is 1. The number of piperidine rings is 1. The van der Waals surface area contributed by atoms with Crippen molar-refractivity contribution >= 4 is 5.69 Å². The van der Waals surface area contributed by atoms with Gasteiger partial charge in [0.2, 0.25) is 0 Å². The third kappa shape index (κ3) is 3.39. The quantitative estimate of drug-likeness (QED) is 0.833. The maximum absolute atomic E-state index is 5.75. The third-order valence-corrected chi connectivity index (χ3v) is 4.01. The van der Waals surface area contributed by atoms with E-state index in [-0.39, 0.29) is 0 Å². The molecule has 2 rings (SSSR count).